The van der Waals surface area contributed by atoms with E-state index >= 15 is 0 Å². The van der Waals surface area contributed by atoms with Crippen LogP contribution in [0.1, 0.15) is 25.0 Å². The van der Waals surface area contributed by atoms with Crippen molar-refractivity contribution in [3.8, 4) is 11.5 Å². The third kappa shape index (κ3) is 4.31. The predicted molar refractivity (Wildman–Crippen MR) is 96.1 cm³/mol. The van der Waals surface area contributed by atoms with E-state index in [1.54, 1.807) is 7.11 Å². The van der Waals surface area contributed by atoms with Crippen molar-refractivity contribution in [2.24, 2.45) is 0 Å². The molecule has 0 aliphatic carbocycles. The van der Waals surface area contributed by atoms with Crippen molar-refractivity contribution in [1.29, 1.82) is 0 Å². The molecule has 0 bridgehead atoms. The molecule has 0 atom stereocenters. The smallest absolute Gasteiger partial charge is 0.262 e. The molecule has 5 nitrogen and oxygen atoms in total. The zero-order chi connectivity index (χ0) is 17.9. The van der Waals surface area contributed by atoms with E-state index in [4.69, 9.17) is 14.2 Å². The van der Waals surface area contributed by atoms with Gasteiger partial charge in [0.1, 0.15) is 5.60 Å². The van der Waals surface area contributed by atoms with Crippen LogP contribution in [0.15, 0.2) is 42.5 Å². The van der Waals surface area contributed by atoms with Gasteiger partial charge in [-0.15, -0.1) is 0 Å². The summed E-state index contributed by atoms with van der Waals surface area (Å²) in [5.74, 6) is 1.12. The van der Waals surface area contributed by atoms with Crippen LogP contribution >= 0.6 is 0 Å². The quantitative estimate of drug-likeness (QED) is 0.873. The summed E-state index contributed by atoms with van der Waals surface area (Å²) in [5.41, 5.74) is 2.58. The number of benzene rings is 2. The molecule has 2 aromatic rings. The third-order valence-electron chi connectivity index (χ3n) is 3.94. The van der Waals surface area contributed by atoms with Gasteiger partial charge in [-0.25, -0.2) is 0 Å². The molecule has 0 unspecified atom stereocenters. The second kappa shape index (κ2) is 7.15. The number of para-hydroxylation sites is 1. The lowest BCUT2D eigenvalue weighted by atomic mass is 10.0. The number of rotatable bonds is 6. The molecular formula is C20H23NO4. The zero-order valence-electron chi connectivity index (χ0n) is 14.8. The molecule has 1 N–H and O–H groups in total. The van der Waals surface area contributed by atoms with Crippen LogP contribution in [0.5, 0.6) is 11.5 Å². The first kappa shape index (κ1) is 17.3. The fraction of sp³-hybridized carbons (Fsp3) is 0.350. The van der Waals surface area contributed by atoms with Crippen LogP contribution in [0.3, 0.4) is 0 Å². The van der Waals surface area contributed by atoms with Crippen molar-refractivity contribution >= 4 is 11.6 Å². The fourth-order valence-electron chi connectivity index (χ4n) is 2.95. The highest BCUT2D eigenvalue weighted by Gasteiger charge is 2.32. The third-order valence-corrected chi connectivity index (χ3v) is 3.94. The van der Waals surface area contributed by atoms with Crippen molar-refractivity contribution < 1.29 is 19.0 Å². The largest absolute Gasteiger partial charge is 0.483 e. The highest BCUT2D eigenvalue weighted by Crippen LogP contribution is 2.41. The molecule has 132 valence electrons. The number of methoxy groups -OCH3 is 1. The summed E-state index contributed by atoms with van der Waals surface area (Å²) in [6, 6.07) is 13.3. The van der Waals surface area contributed by atoms with E-state index in [-0.39, 0.29) is 18.1 Å². The Morgan fingerprint density at radius 1 is 1.24 bits per heavy atom. The van der Waals surface area contributed by atoms with Crippen LogP contribution in [0.4, 0.5) is 5.69 Å². The molecular weight excluding hydrogens is 318 g/mol. The van der Waals surface area contributed by atoms with Crippen molar-refractivity contribution in [3.05, 3.63) is 53.6 Å². The Kier molecular flexibility index (Phi) is 4.95. The molecule has 0 aromatic heterocycles. The number of ether oxygens (including phenoxy) is 3. The topological polar surface area (TPSA) is 56.8 Å². The first-order valence-corrected chi connectivity index (χ1v) is 8.28. The Balaban J connectivity index is 1.61. The molecule has 1 aliphatic heterocycles. The maximum Gasteiger partial charge on any atom is 0.262 e. The van der Waals surface area contributed by atoms with Crippen molar-refractivity contribution in [2.75, 3.05) is 19.0 Å². The van der Waals surface area contributed by atoms with Gasteiger partial charge in [-0.2, -0.15) is 0 Å². The maximum atomic E-state index is 12.2. The van der Waals surface area contributed by atoms with Crippen molar-refractivity contribution in [2.45, 2.75) is 32.5 Å². The van der Waals surface area contributed by atoms with Gasteiger partial charge < -0.3 is 19.5 Å². The van der Waals surface area contributed by atoms with Gasteiger partial charge in [0.2, 0.25) is 0 Å². The number of fused-ring (bicyclic) bond motifs is 1. The van der Waals surface area contributed by atoms with Crippen LogP contribution in [0, 0.1) is 0 Å². The zero-order valence-corrected chi connectivity index (χ0v) is 14.8. The standard InChI is InChI=1S/C20H23NO4/c1-20(2)11-15-7-5-9-17(19(15)25-20)24-13-18(22)21-16-8-4-6-14(10-16)12-23-3/h4-10H,11-13H2,1-3H3,(H,21,22). The maximum absolute atomic E-state index is 12.2. The van der Waals surface area contributed by atoms with Gasteiger partial charge in [0, 0.05) is 24.8 Å². The van der Waals surface area contributed by atoms with E-state index in [1.807, 2.05) is 56.3 Å². The fourth-order valence-corrected chi connectivity index (χ4v) is 2.95. The molecule has 3 rings (SSSR count). The minimum atomic E-state index is -0.244. The molecule has 0 radical (unpaired) electrons. The van der Waals surface area contributed by atoms with Crippen molar-refractivity contribution in [1.82, 2.24) is 0 Å². The Hall–Kier alpha value is -2.53. The van der Waals surface area contributed by atoms with Gasteiger partial charge >= 0.3 is 0 Å². The lowest BCUT2D eigenvalue weighted by Gasteiger charge is -2.18. The SMILES string of the molecule is COCc1cccc(NC(=O)COc2cccc3c2OC(C)(C)C3)c1. The van der Waals surface area contributed by atoms with E-state index < -0.39 is 0 Å². The van der Waals surface area contributed by atoms with Gasteiger partial charge in [0.15, 0.2) is 18.1 Å². The predicted octanol–water partition coefficient (Wildman–Crippen LogP) is 3.56. The second-order valence-electron chi connectivity index (χ2n) is 6.75. The normalized spacial score (nSPS) is 14.5. The summed E-state index contributed by atoms with van der Waals surface area (Å²) >= 11 is 0. The summed E-state index contributed by atoms with van der Waals surface area (Å²) < 4.78 is 16.7. The van der Waals surface area contributed by atoms with E-state index in [1.165, 1.54) is 0 Å². The number of hydrogen-bond donors (Lipinski definition) is 1. The summed E-state index contributed by atoms with van der Waals surface area (Å²) in [5, 5.41) is 2.83. The number of hydrogen-bond acceptors (Lipinski definition) is 4. The first-order valence-electron chi connectivity index (χ1n) is 8.28. The molecule has 1 heterocycles. The minimum Gasteiger partial charge on any atom is -0.483 e. The van der Waals surface area contributed by atoms with Gasteiger partial charge in [-0.05, 0) is 37.6 Å². The van der Waals surface area contributed by atoms with Gasteiger partial charge in [-0.3, -0.25) is 4.79 Å². The van der Waals surface area contributed by atoms with Crippen LogP contribution in [-0.4, -0.2) is 25.2 Å². The van der Waals surface area contributed by atoms with Crippen LogP contribution in [0.25, 0.3) is 0 Å². The summed E-state index contributed by atoms with van der Waals surface area (Å²) in [4.78, 5) is 12.2. The number of nitrogens with one attached hydrogen (secondary N) is 1. The minimum absolute atomic E-state index is 0.0747. The molecule has 0 fully saturated rings. The van der Waals surface area contributed by atoms with E-state index in [0.29, 0.717) is 12.4 Å². The van der Waals surface area contributed by atoms with E-state index in [0.717, 1.165) is 29.0 Å². The van der Waals surface area contributed by atoms with E-state index in [2.05, 4.69) is 5.32 Å². The molecule has 2 aromatic carbocycles. The lowest BCUT2D eigenvalue weighted by molar-refractivity contribution is -0.118. The molecule has 0 spiro atoms. The molecule has 0 saturated heterocycles. The average molecular weight is 341 g/mol. The Morgan fingerprint density at radius 3 is 2.84 bits per heavy atom. The number of carbonyl (C=O) groups is 1. The van der Waals surface area contributed by atoms with Gasteiger partial charge in [0.05, 0.1) is 6.61 Å². The highest BCUT2D eigenvalue weighted by atomic mass is 16.5. The molecule has 1 aliphatic rings. The number of carbonyl (C=O) groups excluding carboxylic acids is 1. The van der Waals surface area contributed by atoms with Crippen LogP contribution < -0.4 is 14.8 Å². The molecule has 25 heavy (non-hydrogen) atoms. The summed E-state index contributed by atoms with van der Waals surface area (Å²) in [7, 11) is 1.64. The van der Waals surface area contributed by atoms with Crippen LogP contribution in [0.2, 0.25) is 0 Å². The molecule has 5 heteroatoms. The summed E-state index contributed by atoms with van der Waals surface area (Å²) in [6.45, 7) is 4.51. The van der Waals surface area contributed by atoms with Gasteiger partial charge in [-0.1, -0.05) is 24.3 Å². The summed E-state index contributed by atoms with van der Waals surface area (Å²) in [6.07, 6.45) is 0.831. The Morgan fingerprint density at radius 2 is 2.04 bits per heavy atom. The Labute approximate surface area is 147 Å². The monoisotopic (exact) mass is 341 g/mol. The number of amides is 1. The molecule has 0 saturated carbocycles. The van der Waals surface area contributed by atoms with E-state index in [9.17, 15) is 4.79 Å². The average Bonchev–Trinajstić information content (AvgIpc) is 2.88. The molecule has 1 amide bonds. The number of anilines is 1. The first-order chi connectivity index (χ1) is 12.0. The Bertz CT molecular complexity index is 770. The highest BCUT2D eigenvalue weighted by molar-refractivity contribution is 5.92. The van der Waals surface area contributed by atoms with Gasteiger partial charge in [0.25, 0.3) is 5.91 Å². The van der Waals surface area contributed by atoms with Crippen LogP contribution in [-0.2, 0) is 22.6 Å². The van der Waals surface area contributed by atoms with Crippen molar-refractivity contribution in [3.63, 3.8) is 0 Å². The second-order valence-corrected chi connectivity index (χ2v) is 6.75. The lowest BCUT2D eigenvalue weighted by Crippen LogP contribution is -2.25.